The van der Waals surface area contributed by atoms with Crippen LogP contribution in [0, 0.1) is 0 Å². The van der Waals surface area contributed by atoms with Crippen molar-refractivity contribution in [1.29, 1.82) is 0 Å². The fraction of sp³-hybridized carbons (Fsp3) is 0.538. The average Bonchev–Trinajstić information content (AvgIpc) is 2.27. The number of unbranched alkanes of at least 4 members (excludes halogenated alkanes) is 1. The van der Waals surface area contributed by atoms with E-state index in [0.29, 0.717) is 5.69 Å². The first-order chi connectivity index (χ1) is 7.95. The lowest BCUT2D eigenvalue weighted by Crippen LogP contribution is -2.22. The second kappa shape index (κ2) is 6.05. The SMILES string of the molecule is CCCCc1ccc(NS(=O)(=O)C(C)C)cc1. The topological polar surface area (TPSA) is 46.2 Å². The summed E-state index contributed by atoms with van der Waals surface area (Å²) in [5.41, 5.74) is 1.89. The van der Waals surface area contributed by atoms with Crippen LogP contribution in [0.2, 0.25) is 0 Å². The summed E-state index contributed by atoms with van der Waals surface area (Å²) in [6.07, 6.45) is 3.38. The molecule has 0 saturated carbocycles. The van der Waals surface area contributed by atoms with Crippen molar-refractivity contribution in [2.24, 2.45) is 0 Å². The zero-order valence-corrected chi connectivity index (χ0v) is 11.5. The van der Waals surface area contributed by atoms with E-state index in [4.69, 9.17) is 0 Å². The van der Waals surface area contributed by atoms with Crippen LogP contribution in [-0.2, 0) is 16.4 Å². The van der Waals surface area contributed by atoms with Crippen LogP contribution in [0.3, 0.4) is 0 Å². The fourth-order valence-electron chi connectivity index (χ4n) is 1.40. The Balaban J connectivity index is 2.69. The first kappa shape index (κ1) is 14.0. The van der Waals surface area contributed by atoms with E-state index in [2.05, 4.69) is 11.6 Å². The minimum Gasteiger partial charge on any atom is -0.283 e. The Labute approximate surface area is 104 Å². The molecule has 4 heteroatoms. The molecule has 17 heavy (non-hydrogen) atoms. The summed E-state index contributed by atoms with van der Waals surface area (Å²) < 4.78 is 25.9. The molecule has 0 unspecified atom stereocenters. The van der Waals surface area contributed by atoms with Gasteiger partial charge in [0.15, 0.2) is 0 Å². The van der Waals surface area contributed by atoms with Crippen molar-refractivity contribution in [1.82, 2.24) is 0 Å². The molecule has 0 aliphatic heterocycles. The number of anilines is 1. The molecule has 0 aliphatic carbocycles. The summed E-state index contributed by atoms with van der Waals surface area (Å²) in [5.74, 6) is 0. The first-order valence-corrected chi connectivity index (χ1v) is 7.61. The van der Waals surface area contributed by atoms with Crippen LogP contribution in [0.4, 0.5) is 5.69 Å². The van der Waals surface area contributed by atoms with E-state index >= 15 is 0 Å². The van der Waals surface area contributed by atoms with Gasteiger partial charge >= 0.3 is 0 Å². The van der Waals surface area contributed by atoms with Gasteiger partial charge in [0.2, 0.25) is 10.0 Å². The highest BCUT2D eigenvalue weighted by molar-refractivity contribution is 7.93. The Hall–Kier alpha value is -1.03. The van der Waals surface area contributed by atoms with Crippen LogP contribution in [0.15, 0.2) is 24.3 Å². The second-order valence-corrected chi connectivity index (χ2v) is 6.73. The monoisotopic (exact) mass is 255 g/mol. The van der Waals surface area contributed by atoms with E-state index in [1.807, 2.05) is 24.3 Å². The summed E-state index contributed by atoms with van der Waals surface area (Å²) in [5, 5.41) is -0.415. The van der Waals surface area contributed by atoms with Crippen molar-refractivity contribution in [3.8, 4) is 0 Å². The highest BCUT2D eigenvalue weighted by atomic mass is 32.2. The maximum Gasteiger partial charge on any atom is 0.235 e. The summed E-state index contributed by atoms with van der Waals surface area (Å²) in [4.78, 5) is 0. The van der Waals surface area contributed by atoms with Gasteiger partial charge in [0.25, 0.3) is 0 Å². The normalized spacial score (nSPS) is 11.8. The van der Waals surface area contributed by atoms with Crippen LogP contribution >= 0.6 is 0 Å². The molecule has 0 spiro atoms. The highest BCUT2D eigenvalue weighted by Crippen LogP contribution is 2.14. The van der Waals surface area contributed by atoms with E-state index < -0.39 is 15.3 Å². The molecular formula is C13H21NO2S. The molecule has 0 saturated heterocycles. The standard InChI is InChI=1S/C13H21NO2S/c1-4-5-6-12-7-9-13(10-8-12)14-17(15,16)11(2)3/h7-11,14H,4-6H2,1-3H3. The molecule has 0 aromatic heterocycles. The number of sulfonamides is 1. The molecule has 3 nitrogen and oxygen atoms in total. The van der Waals surface area contributed by atoms with Gasteiger partial charge in [-0.3, -0.25) is 4.72 Å². The summed E-state index contributed by atoms with van der Waals surface area (Å²) in [6.45, 7) is 5.49. The Morgan fingerprint density at radius 3 is 2.24 bits per heavy atom. The maximum absolute atomic E-state index is 11.6. The quantitative estimate of drug-likeness (QED) is 0.848. The zero-order chi connectivity index (χ0) is 12.9. The van der Waals surface area contributed by atoms with Gasteiger partial charge < -0.3 is 0 Å². The van der Waals surface area contributed by atoms with Gasteiger partial charge in [0, 0.05) is 5.69 Å². The Morgan fingerprint density at radius 2 is 1.76 bits per heavy atom. The van der Waals surface area contributed by atoms with E-state index in [-0.39, 0.29) is 0 Å². The smallest absolute Gasteiger partial charge is 0.235 e. The van der Waals surface area contributed by atoms with Crippen LogP contribution in [0.1, 0.15) is 39.2 Å². The number of rotatable bonds is 6. The van der Waals surface area contributed by atoms with Gasteiger partial charge in [0.05, 0.1) is 5.25 Å². The third kappa shape index (κ3) is 4.38. The van der Waals surface area contributed by atoms with Crippen LogP contribution in [0.5, 0.6) is 0 Å². The minimum atomic E-state index is -3.23. The molecule has 0 heterocycles. The number of hydrogen-bond acceptors (Lipinski definition) is 2. The average molecular weight is 255 g/mol. The fourth-order valence-corrected chi connectivity index (χ4v) is 2.10. The van der Waals surface area contributed by atoms with Crippen molar-refractivity contribution >= 4 is 15.7 Å². The molecule has 0 amide bonds. The third-order valence-electron chi connectivity index (χ3n) is 2.65. The predicted molar refractivity (Wildman–Crippen MR) is 72.7 cm³/mol. The van der Waals surface area contributed by atoms with Crippen molar-refractivity contribution in [2.45, 2.75) is 45.3 Å². The Kier molecular flexibility index (Phi) is 5.00. The van der Waals surface area contributed by atoms with Gasteiger partial charge in [-0.15, -0.1) is 0 Å². The Morgan fingerprint density at radius 1 is 1.18 bits per heavy atom. The van der Waals surface area contributed by atoms with Crippen LogP contribution < -0.4 is 4.72 Å². The molecule has 0 fully saturated rings. The molecule has 1 aromatic rings. The molecule has 1 N–H and O–H groups in total. The van der Waals surface area contributed by atoms with Crippen molar-refractivity contribution in [2.75, 3.05) is 4.72 Å². The van der Waals surface area contributed by atoms with Crippen molar-refractivity contribution in [3.05, 3.63) is 29.8 Å². The third-order valence-corrected chi connectivity index (χ3v) is 4.42. The largest absolute Gasteiger partial charge is 0.283 e. The minimum absolute atomic E-state index is 0.415. The molecule has 0 bridgehead atoms. The zero-order valence-electron chi connectivity index (χ0n) is 10.7. The first-order valence-electron chi connectivity index (χ1n) is 6.06. The maximum atomic E-state index is 11.6. The van der Waals surface area contributed by atoms with Gasteiger partial charge in [-0.25, -0.2) is 8.42 Å². The predicted octanol–water partition coefficient (Wildman–Crippen LogP) is 3.18. The van der Waals surface area contributed by atoms with Crippen molar-refractivity contribution < 1.29 is 8.42 Å². The summed E-state index contributed by atoms with van der Waals surface area (Å²) >= 11 is 0. The van der Waals surface area contributed by atoms with E-state index in [0.717, 1.165) is 12.8 Å². The Bertz CT molecular complexity index is 435. The lowest BCUT2D eigenvalue weighted by molar-refractivity contribution is 0.593. The van der Waals surface area contributed by atoms with E-state index in [1.165, 1.54) is 12.0 Å². The van der Waals surface area contributed by atoms with Crippen molar-refractivity contribution in [3.63, 3.8) is 0 Å². The van der Waals surface area contributed by atoms with Crippen LogP contribution in [0.25, 0.3) is 0 Å². The molecule has 96 valence electrons. The van der Waals surface area contributed by atoms with Crippen LogP contribution in [-0.4, -0.2) is 13.7 Å². The number of hydrogen-bond donors (Lipinski definition) is 1. The molecule has 0 radical (unpaired) electrons. The molecule has 1 aromatic carbocycles. The van der Waals surface area contributed by atoms with Gasteiger partial charge in [-0.2, -0.15) is 0 Å². The molecular weight excluding hydrogens is 234 g/mol. The molecule has 0 aliphatic rings. The lowest BCUT2D eigenvalue weighted by Gasteiger charge is -2.11. The highest BCUT2D eigenvalue weighted by Gasteiger charge is 2.15. The second-order valence-electron chi connectivity index (χ2n) is 4.50. The number of nitrogens with one attached hydrogen (secondary N) is 1. The van der Waals surface area contributed by atoms with E-state index in [1.54, 1.807) is 13.8 Å². The lowest BCUT2D eigenvalue weighted by atomic mass is 10.1. The summed E-state index contributed by atoms with van der Waals surface area (Å²) in [6, 6.07) is 7.61. The van der Waals surface area contributed by atoms with E-state index in [9.17, 15) is 8.42 Å². The van der Waals surface area contributed by atoms with Gasteiger partial charge in [-0.05, 0) is 44.4 Å². The number of benzene rings is 1. The summed E-state index contributed by atoms with van der Waals surface area (Å²) in [7, 11) is -3.23. The molecule has 0 atom stereocenters. The van der Waals surface area contributed by atoms with Gasteiger partial charge in [0.1, 0.15) is 0 Å². The van der Waals surface area contributed by atoms with Gasteiger partial charge in [-0.1, -0.05) is 25.5 Å². The molecule has 1 rings (SSSR count). The number of aryl methyl sites for hydroxylation is 1.